The molecule has 0 fully saturated rings. The van der Waals surface area contributed by atoms with Gasteiger partial charge in [0.1, 0.15) is 6.07 Å². The van der Waals surface area contributed by atoms with E-state index < -0.39 is 19.9 Å². The molecule has 0 unspecified atom stereocenters. The molecule has 0 radical (unpaired) electrons. The summed E-state index contributed by atoms with van der Waals surface area (Å²) in [5.74, 6) is 0.748. The molecule has 0 saturated carbocycles. The SMILES string of the molecule is COc1ccc(NS(=O)(=O)c2ccc(S(=O)(=O)c3ccccc3)c(C#N)c2)cc1OC. The number of sulfonamides is 1. The highest BCUT2D eigenvalue weighted by Gasteiger charge is 2.24. The highest BCUT2D eigenvalue weighted by Crippen LogP contribution is 2.31. The van der Waals surface area contributed by atoms with Gasteiger partial charge in [-0.3, -0.25) is 4.72 Å². The molecule has 3 rings (SSSR count). The van der Waals surface area contributed by atoms with E-state index in [2.05, 4.69) is 4.72 Å². The second-order valence-corrected chi connectivity index (χ2v) is 9.86. The lowest BCUT2D eigenvalue weighted by Gasteiger charge is -2.13. The fraction of sp³-hybridized carbons (Fsp3) is 0.0952. The van der Waals surface area contributed by atoms with Gasteiger partial charge in [-0.05, 0) is 42.5 Å². The fourth-order valence-electron chi connectivity index (χ4n) is 2.84. The van der Waals surface area contributed by atoms with Gasteiger partial charge in [0, 0.05) is 6.07 Å². The minimum Gasteiger partial charge on any atom is -0.493 e. The van der Waals surface area contributed by atoms with Gasteiger partial charge in [-0.25, -0.2) is 16.8 Å². The van der Waals surface area contributed by atoms with Crippen LogP contribution in [0.2, 0.25) is 0 Å². The summed E-state index contributed by atoms with van der Waals surface area (Å²) < 4.78 is 64.0. The number of benzene rings is 3. The predicted octanol–water partition coefficient (Wildman–Crippen LogP) is 3.21. The number of rotatable bonds is 7. The van der Waals surface area contributed by atoms with Gasteiger partial charge in [0.25, 0.3) is 10.0 Å². The Balaban J connectivity index is 2.00. The van der Waals surface area contributed by atoms with Crippen molar-refractivity contribution >= 4 is 25.5 Å². The number of nitriles is 1. The number of nitrogens with zero attached hydrogens (tertiary/aromatic N) is 1. The second kappa shape index (κ2) is 8.67. The van der Waals surface area contributed by atoms with Gasteiger partial charge in [-0.15, -0.1) is 0 Å². The maximum absolute atomic E-state index is 12.9. The molecule has 3 aromatic carbocycles. The first-order valence-electron chi connectivity index (χ1n) is 8.82. The molecule has 8 nitrogen and oxygen atoms in total. The van der Waals surface area contributed by atoms with Crippen LogP contribution < -0.4 is 14.2 Å². The van der Waals surface area contributed by atoms with E-state index in [1.54, 1.807) is 24.3 Å². The van der Waals surface area contributed by atoms with Crippen molar-refractivity contribution in [3.63, 3.8) is 0 Å². The maximum atomic E-state index is 12.9. The predicted molar refractivity (Wildman–Crippen MR) is 113 cm³/mol. The van der Waals surface area contributed by atoms with Crippen LogP contribution in [0.25, 0.3) is 0 Å². The minimum atomic E-state index is -4.11. The molecule has 3 aromatic rings. The van der Waals surface area contributed by atoms with E-state index >= 15 is 0 Å². The Morgan fingerprint density at radius 3 is 2.10 bits per heavy atom. The highest BCUT2D eigenvalue weighted by molar-refractivity contribution is 7.93. The van der Waals surface area contributed by atoms with Gasteiger partial charge in [0.05, 0.1) is 40.2 Å². The Bertz CT molecular complexity index is 1360. The standard InChI is InChI=1S/C21H18N2O6S2/c1-28-19-10-8-16(13-20(19)29-2)23-31(26,27)18-9-11-21(15(12-18)14-22)30(24,25)17-6-4-3-5-7-17/h3-13,23H,1-2H3. The molecule has 0 aliphatic heterocycles. The summed E-state index contributed by atoms with van der Waals surface area (Å²) >= 11 is 0. The number of anilines is 1. The van der Waals surface area contributed by atoms with Crippen LogP contribution in [0.4, 0.5) is 5.69 Å². The van der Waals surface area contributed by atoms with Crippen LogP contribution in [0.1, 0.15) is 5.56 Å². The number of sulfone groups is 1. The molecule has 0 bridgehead atoms. The van der Waals surface area contributed by atoms with Crippen LogP contribution in [0, 0.1) is 11.3 Å². The first-order valence-corrected chi connectivity index (χ1v) is 11.8. The van der Waals surface area contributed by atoms with Gasteiger partial charge >= 0.3 is 0 Å². The van der Waals surface area contributed by atoms with Crippen molar-refractivity contribution in [2.45, 2.75) is 14.7 Å². The average Bonchev–Trinajstić information content (AvgIpc) is 2.78. The van der Waals surface area contributed by atoms with Crippen molar-refractivity contribution in [1.29, 1.82) is 5.26 Å². The Morgan fingerprint density at radius 1 is 0.806 bits per heavy atom. The number of hydrogen-bond donors (Lipinski definition) is 1. The van der Waals surface area contributed by atoms with Crippen molar-refractivity contribution in [2.24, 2.45) is 0 Å². The van der Waals surface area contributed by atoms with Crippen molar-refractivity contribution in [2.75, 3.05) is 18.9 Å². The van der Waals surface area contributed by atoms with Crippen molar-refractivity contribution in [3.8, 4) is 17.6 Å². The zero-order valence-electron chi connectivity index (χ0n) is 16.6. The van der Waals surface area contributed by atoms with Crippen molar-refractivity contribution < 1.29 is 26.3 Å². The molecule has 0 aromatic heterocycles. The molecule has 10 heteroatoms. The van der Waals surface area contributed by atoms with E-state index in [-0.39, 0.29) is 25.9 Å². The number of ether oxygens (including phenoxy) is 2. The van der Waals surface area contributed by atoms with Crippen LogP contribution in [0.15, 0.2) is 81.4 Å². The molecule has 0 atom stereocenters. The molecule has 0 spiro atoms. The van der Waals surface area contributed by atoms with E-state index in [0.717, 1.165) is 18.2 Å². The summed E-state index contributed by atoms with van der Waals surface area (Å²) in [4.78, 5) is -0.525. The van der Waals surface area contributed by atoms with Gasteiger partial charge < -0.3 is 9.47 Å². The molecule has 0 aliphatic rings. The Hall–Kier alpha value is -3.55. The second-order valence-electron chi connectivity index (χ2n) is 6.26. The number of hydrogen-bond acceptors (Lipinski definition) is 7. The summed E-state index contributed by atoms with van der Waals surface area (Å²) in [5, 5.41) is 9.47. The summed E-state index contributed by atoms with van der Waals surface area (Å²) in [5.41, 5.74) is -0.0730. The van der Waals surface area contributed by atoms with Crippen LogP contribution >= 0.6 is 0 Å². The lowest BCUT2D eigenvalue weighted by Crippen LogP contribution is -2.14. The van der Waals surface area contributed by atoms with Gasteiger partial charge in [-0.1, -0.05) is 18.2 Å². The maximum Gasteiger partial charge on any atom is 0.261 e. The first kappa shape index (κ1) is 22.1. The van der Waals surface area contributed by atoms with E-state index in [1.807, 2.05) is 0 Å². The van der Waals surface area contributed by atoms with Crippen molar-refractivity contribution in [3.05, 3.63) is 72.3 Å². The van der Waals surface area contributed by atoms with Crippen LogP contribution in [0.5, 0.6) is 11.5 Å². The molecule has 31 heavy (non-hydrogen) atoms. The van der Waals surface area contributed by atoms with E-state index in [4.69, 9.17) is 9.47 Å². The fourth-order valence-corrected chi connectivity index (χ4v) is 5.32. The largest absolute Gasteiger partial charge is 0.493 e. The smallest absolute Gasteiger partial charge is 0.261 e. The van der Waals surface area contributed by atoms with E-state index in [9.17, 15) is 22.1 Å². The third-order valence-corrected chi connectivity index (χ3v) is 7.57. The van der Waals surface area contributed by atoms with Gasteiger partial charge in [0.2, 0.25) is 9.84 Å². The lowest BCUT2D eigenvalue weighted by molar-refractivity contribution is 0.355. The van der Waals surface area contributed by atoms with Crippen LogP contribution in [-0.4, -0.2) is 31.1 Å². The lowest BCUT2D eigenvalue weighted by atomic mass is 10.2. The Morgan fingerprint density at radius 2 is 1.48 bits per heavy atom. The molecule has 0 saturated heterocycles. The minimum absolute atomic E-state index is 0.00515. The third-order valence-electron chi connectivity index (χ3n) is 4.36. The zero-order chi connectivity index (χ0) is 22.6. The molecular weight excluding hydrogens is 440 g/mol. The first-order chi connectivity index (χ1) is 14.7. The molecule has 160 valence electrons. The topological polar surface area (TPSA) is 123 Å². The van der Waals surface area contributed by atoms with Crippen LogP contribution in [0.3, 0.4) is 0 Å². The van der Waals surface area contributed by atoms with Gasteiger partial charge in [0.15, 0.2) is 11.5 Å². The quantitative estimate of drug-likeness (QED) is 0.577. The normalized spacial score (nSPS) is 11.4. The van der Waals surface area contributed by atoms with Crippen LogP contribution in [-0.2, 0) is 19.9 Å². The molecule has 0 aliphatic carbocycles. The van der Waals surface area contributed by atoms with E-state index in [1.165, 1.54) is 44.6 Å². The molecule has 1 N–H and O–H groups in total. The summed E-state index contributed by atoms with van der Waals surface area (Å²) in [6, 6.07) is 17.1. The summed E-state index contributed by atoms with van der Waals surface area (Å²) in [7, 11) is -5.22. The van der Waals surface area contributed by atoms with Gasteiger partial charge in [-0.2, -0.15) is 5.26 Å². The highest BCUT2D eigenvalue weighted by atomic mass is 32.2. The monoisotopic (exact) mass is 458 g/mol. The Labute approximate surface area is 180 Å². The molecule has 0 heterocycles. The molecular formula is C21H18N2O6S2. The zero-order valence-corrected chi connectivity index (χ0v) is 18.2. The number of nitrogens with one attached hydrogen (secondary N) is 1. The molecule has 0 amide bonds. The average molecular weight is 459 g/mol. The summed E-state index contributed by atoms with van der Waals surface area (Å²) in [6.45, 7) is 0. The third kappa shape index (κ3) is 4.47. The van der Waals surface area contributed by atoms with E-state index in [0.29, 0.717) is 11.5 Å². The number of methoxy groups -OCH3 is 2. The Kier molecular flexibility index (Phi) is 6.19. The van der Waals surface area contributed by atoms with Crippen molar-refractivity contribution in [1.82, 2.24) is 0 Å². The summed E-state index contributed by atoms with van der Waals surface area (Å²) in [6.07, 6.45) is 0.